The van der Waals surface area contributed by atoms with E-state index in [-0.39, 0.29) is 24.1 Å². The Labute approximate surface area is 243 Å². The molecule has 6 rings (SSSR count). The lowest BCUT2D eigenvalue weighted by Crippen LogP contribution is -2.78. The Bertz CT molecular complexity index is 1320. The molecule has 2 bridgehead atoms. The third-order valence-corrected chi connectivity index (χ3v) is 11.0. The van der Waals surface area contributed by atoms with Crippen molar-refractivity contribution in [2.24, 2.45) is 5.92 Å². The van der Waals surface area contributed by atoms with Crippen LogP contribution in [-0.2, 0) is 16.6 Å². The number of likely N-dealkylation sites (tertiary alicyclic amines) is 1. The zero-order valence-electron chi connectivity index (χ0n) is 22.9. The molecule has 2 fully saturated rings. The normalized spacial score (nSPS) is 30.8. The van der Waals surface area contributed by atoms with E-state index in [2.05, 4.69) is 47.3 Å². The molecule has 208 valence electrons. The summed E-state index contributed by atoms with van der Waals surface area (Å²) in [6, 6.07) is 5.99. The minimum atomic E-state index is -0.953. The van der Waals surface area contributed by atoms with E-state index < -0.39 is 11.0 Å². The van der Waals surface area contributed by atoms with E-state index in [9.17, 15) is 9.90 Å². The number of methoxy groups -OCH3 is 1. The number of carbonyl (C=O) groups excluding carboxylic acids is 1. The lowest BCUT2D eigenvalue weighted by Gasteiger charge is -2.64. The van der Waals surface area contributed by atoms with E-state index in [0.29, 0.717) is 31.1 Å². The maximum absolute atomic E-state index is 13.9. The van der Waals surface area contributed by atoms with Gasteiger partial charge in [-0.15, -0.1) is 17.9 Å². The first-order valence-electron chi connectivity index (χ1n) is 13.9. The van der Waals surface area contributed by atoms with Crippen LogP contribution < -0.4 is 9.47 Å². The fourth-order valence-corrected chi connectivity index (χ4v) is 9.24. The molecule has 2 aliphatic heterocycles. The molecule has 2 aromatic rings. The third-order valence-electron chi connectivity index (χ3n) is 9.33. The number of hydrogen-bond donors (Lipinski definition) is 1. The highest BCUT2D eigenvalue weighted by Gasteiger charge is 2.73. The number of piperidine rings is 1. The number of amides is 1. The molecule has 0 radical (unpaired) electrons. The van der Waals surface area contributed by atoms with E-state index in [0.717, 1.165) is 46.6 Å². The maximum Gasteiger partial charge on any atom is 0.246 e. The number of rotatable bonds is 8. The van der Waals surface area contributed by atoms with Gasteiger partial charge in [-0.1, -0.05) is 26.0 Å². The molecule has 1 N–H and O–H groups in total. The maximum atomic E-state index is 13.9. The molecule has 39 heavy (non-hydrogen) atoms. The quantitative estimate of drug-likeness (QED) is 0.318. The monoisotopic (exact) mass is 612 g/mol. The number of thiophene rings is 1. The number of ether oxygens (including phenoxy) is 2. The van der Waals surface area contributed by atoms with Crippen LogP contribution in [0.1, 0.15) is 49.1 Å². The molecule has 2 aliphatic carbocycles. The number of aliphatic hydroxyl groups is 1. The standard InChI is InChI=1S/C31H37BrN2O4S/c1-5-13-33-14-12-30-27-20-6-8-24(37-4)28(27)38-29(30)23(10-11-31(30,36)25(33)15-20)34(17-19(2)3)26(35)9-7-22-16-21(32)18-39-22/h5-9,16,18-19,23,25,29,36H,1,10-15,17H2,2-4H3/b9-7+/t23-,25-,29+,30+,31-/m1/s1. The van der Waals surface area contributed by atoms with Gasteiger partial charge in [-0.05, 0) is 77.8 Å². The third kappa shape index (κ3) is 4.04. The van der Waals surface area contributed by atoms with Crippen LogP contribution >= 0.6 is 27.3 Å². The molecule has 1 saturated carbocycles. The molecule has 4 aliphatic rings. The fourth-order valence-electron chi connectivity index (χ4n) is 7.91. The molecule has 8 heteroatoms. The van der Waals surface area contributed by atoms with Crippen molar-refractivity contribution in [3.8, 4) is 11.5 Å². The summed E-state index contributed by atoms with van der Waals surface area (Å²) in [6.07, 6.45) is 8.03. The second-order valence-corrected chi connectivity index (χ2v) is 13.7. The van der Waals surface area contributed by atoms with Gasteiger partial charge >= 0.3 is 0 Å². The number of hydrogen-bond acceptors (Lipinski definition) is 6. The van der Waals surface area contributed by atoms with Crippen LogP contribution in [-0.4, -0.2) is 71.3 Å². The minimum Gasteiger partial charge on any atom is -0.493 e. The molecule has 5 atom stereocenters. The van der Waals surface area contributed by atoms with Gasteiger partial charge in [0.05, 0.1) is 24.2 Å². The molecule has 3 heterocycles. The molecule has 1 aromatic carbocycles. The summed E-state index contributed by atoms with van der Waals surface area (Å²) < 4.78 is 13.7. The second kappa shape index (κ2) is 10.1. The van der Waals surface area contributed by atoms with Crippen LogP contribution in [0.2, 0.25) is 0 Å². The van der Waals surface area contributed by atoms with Gasteiger partial charge < -0.3 is 19.5 Å². The first-order valence-corrected chi connectivity index (χ1v) is 15.6. The van der Waals surface area contributed by atoms with Crippen molar-refractivity contribution in [3.05, 3.63) is 62.8 Å². The van der Waals surface area contributed by atoms with E-state index in [1.165, 1.54) is 5.56 Å². The SMILES string of the molecule is C=CCN1CC[C@]23c4c5ccc(OC)c4O[C@H]2[C@H](N(CC(C)C)C(=O)/C=C/c2cc(Br)cs2)CC[C@@]3(O)[C@H]1C5. The van der Waals surface area contributed by atoms with Crippen LogP contribution in [0.15, 0.2) is 46.8 Å². The predicted octanol–water partition coefficient (Wildman–Crippen LogP) is 5.43. The Hall–Kier alpha value is -2.13. The van der Waals surface area contributed by atoms with Crippen molar-refractivity contribution in [3.63, 3.8) is 0 Å². The first-order chi connectivity index (χ1) is 18.7. The zero-order valence-corrected chi connectivity index (χ0v) is 25.3. The lowest BCUT2D eigenvalue weighted by atomic mass is 9.48. The van der Waals surface area contributed by atoms with Crippen molar-refractivity contribution in [2.75, 3.05) is 26.7 Å². The second-order valence-electron chi connectivity index (χ2n) is 11.8. The van der Waals surface area contributed by atoms with Crippen LogP contribution in [0.3, 0.4) is 0 Å². The topological polar surface area (TPSA) is 62.2 Å². The largest absolute Gasteiger partial charge is 0.493 e. The number of nitrogens with zero attached hydrogens (tertiary/aromatic N) is 2. The van der Waals surface area contributed by atoms with Crippen molar-refractivity contribution in [1.29, 1.82) is 0 Å². The lowest BCUT2D eigenvalue weighted by molar-refractivity contribution is -0.199. The Balaban J connectivity index is 1.44. The molecule has 1 spiro atoms. The summed E-state index contributed by atoms with van der Waals surface area (Å²) in [5, 5.41) is 14.7. The van der Waals surface area contributed by atoms with E-state index >= 15 is 0 Å². The van der Waals surface area contributed by atoms with Gasteiger partial charge in [0.15, 0.2) is 11.5 Å². The van der Waals surface area contributed by atoms with Gasteiger partial charge in [0.2, 0.25) is 5.91 Å². The predicted molar refractivity (Wildman–Crippen MR) is 159 cm³/mol. The van der Waals surface area contributed by atoms with Crippen molar-refractivity contribution in [1.82, 2.24) is 9.80 Å². The molecular weight excluding hydrogens is 576 g/mol. The average Bonchev–Trinajstić information content (AvgIpc) is 3.48. The Morgan fingerprint density at radius 3 is 2.92 bits per heavy atom. The molecule has 6 nitrogen and oxygen atoms in total. The van der Waals surface area contributed by atoms with Gasteiger partial charge in [-0.2, -0.15) is 0 Å². The van der Waals surface area contributed by atoms with Gasteiger partial charge in [-0.25, -0.2) is 0 Å². The van der Waals surface area contributed by atoms with Crippen molar-refractivity contribution < 1.29 is 19.4 Å². The Morgan fingerprint density at radius 1 is 1.41 bits per heavy atom. The van der Waals surface area contributed by atoms with E-state index in [4.69, 9.17) is 9.47 Å². The van der Waals surface area contributed by atoms with Crippen molar-refractivity contribution >= 4 is 39.2 Å². The fraction of sp³-hybridized carbons (Fsp3) is 0.516. The van der Waals surface area contributed by atoms with Crippen LogP contribution in [0.25, 0.3) is 6.08 Å². The highest BCUT2D eigenvalue weighted by Crippen LogP contribution is 2.66. The Morgan fingerprint density at radius 2 is 2.23 bits per heavy atom. The van der Waals surface area contributed by atoms with Crippen LogP contribution in [0.4, 0.5) is 0 Å². The molecule has 1 amide bonds. The molecule has 0 unspecified atom stereocenters. The van der Waals surface area contributed by atoms with Crippen LogP contribution in [0, 0.1) is 5.92 Å². The summed E-state index contributed by atoms with van der Waals surface area (Å²) in [7, 11) is 1.67. The van der Waals surface area contributed by atoms with Crippen molar-refractivity contribution in [2.45, 2.75) is 68.7 Å². The molecule has 1 saturated heterocycles. The Kier molecular flexibility index (Phi) is 6.97. The number of benzene rings is 1. The minimum absolute atomic E-state index is 0.0109. The average molecular weight is 614 g/mol. The highest BCUT2D eigenvalue weighted by molar-refractivity contribution is 9.10. The van der Waals surface area contributed by atoms with Gasteiger partial charge in [0.25, 0.3) is 0 Å². The summed E-state index contributed by atoms with van der Waals surface area (Å²) in [4.78, 5) is 19.3. The zero-order chi connectivity index (χ0) is 27.5. The molecular formula is C31H37BrN2O4S. The van der Waals surface area contributed by atoms with E-state index in [1.54, 1.807) is 24.5 Å². The van der Waals surface area contributed by atoms with E-state index in [1.807, 2.05) is 34.6 Å². The smallest absolute Gasteiger partial charge is 0.246 e. The number of carbonyl (C=O) groups is 1. The number of halogens is 1. The van der Waals surface area contributed by atoms with Crippen LogP contribution in [0.5, 0.6) is 11.5 Å². The summed E-state index contributed by atoms with van der Waals surface area (Å²) >= 11 is 5.10. The summed E-state index contributed by atoms with van der Waals surface area (Å²) in [6.45, 7) is 10.5. The summed E-state index contributed by atoms with van der Waals surface area (Å²) in [5.74, 6) is 1.74. The molecule has 1 aromatic heterocycles. The first kappa shape index (κ1) is 27.1. The van der Waals surface area contributed by atoms with Gasteiger partial charge in [0.1, 0.15) is 6.10 Å². The summed E-state index contributed by atoms with van der Waals surface area (Å²) in [5.41, 5.74) is 0.797. The van der Waals surface area contributed by atoms with Gasteiger partial charge in [0, 0.05) is 45.5 Å². The van der Waals surface area contributed by atoms with Gasteiger partial charge in [-0.3, -0.25) is 9.69 Å². The highest BCUT2D eigenvalue weighted by atomic mass is 79.9.